The van der Waals surface area contributed by atoms with Crippen molar-refractivity contribution < 1.29 is 36.7 Å². The van der Waals surface area contributed by atoms with Gasteiger partial charge in [-0.3, -0.25) is 4.79 Å². The van der Waals surface area contributed by atoms with Gasteiger partial charge < -0.3 is 14.1 Å². The van der Waals surface area contributed by atoms with Crippen molar-refractivity contribution in [2.75, 3.05) is 6.61 Å². The summed E-state index contributed by atoms with van der Waals surface area (Å²) < 4.78 is 62.3. The number of hydrogen-bond donors (Lipinski definition) is 0. The van der Waals surface area contributed by atoms with Gasteiger partial charge in [0.15, 0.2) is 12.4 Å². The quantitative estimate of drug-likeness (QED) is 0.0321. The van der Waals surface area contributed by atoms with Gasteiger partial charge in [-0.2, -0.15) is 8.78 Å². The molecule has 0 radical (unpaired) electrons. The summed E-state index contributed by atoms with van der Waals surface area (Å²) in [6, 6.07) is 32.3. The summed E-state index contributed by atoms with van der Waals surface area (Å²) in [4.78, 5) is 33.3. The number of benzene rings is 5. The van der Waals surface area contributed by atoms with Crippen molar-refractivity contribution in [3.8, 4) is 5.75 Å². The molecule has 0 amide bonds. The maximum atomic E-state index is 14.4. The molecule has 0 spiro atoms. The smallest absolute Gasteiger partial charge is 0.375 e. The minimum absolute atomic E-state index is 0.0510. The normalized spacial score (nSPS) is 12.8. The number of ether oxygens (including phenoxy) is 1. The Kier molecular flexibility index (Phi) is 12.1. The molecule has 7 rings (SSSR count). The van der Waals surface area contributed by atoms with Gasteiger partial charge in [-0.1, -0.05) is 111 Å². The number of unbranched alkanes of at least 4 members (excludes halogenated alkanes) is 1. The maximum absolute atomic E-state index is 14.4. The Morgan fingerprint density at radius 1 is 0.810 bits per heavy atom. The van der Waals surface area contributed by atoms with Gasteiger partial charge in [0.2, 0.25) is 0 Å². The molecule has 0 saturated heterocycles. The Morgan fingerprint density at radius 2 is 1.53 bits per heavy atom. The molecule has 0 saturated carbocycles. The molecule has 7 aromatic rings. The molecule has 2 aromatic heterocycles. The first-order valence-corrected chi connectivity index (χ1v) is 20.2. The number of fused-ring (bicyclic) bond motifs is 5. The zero-order valence-corrected chi connectivity index (χ0v) is 33.1. The van der Waals surface area contributed by atoms with Crippen LogP contribution in [-0.4, -0.2) is 41.0 Å². The van der Waals surface area contributed by atoms with Gasteiger partial charge >= 0.3 is 18.3 Å². The number of aromatic nitrogens is 1. The summed E-state index contributed by atoms with van der Waals surface area (Å²) in [5.41, 5.74) is 4.47. The Labute approximate surface area is 337 Å². The van der Waals surface area contributed by atoms with Crippen LogP contribution in [0.15, 0.2) is 120 Å². The highest BCUT2D eigenvalue weighted by molar-refractivity contribution is 7.11. The summed E-state index contributed by atoms with van der Waals surface area (Å²) in [7, 11) is 0. The molecule has 298 valence electrons. The van der Waals surface area contributed by atoms with Crippen LogP contribution in [0.25, 0.3) is 32.6 Å². The van der Waals surface area contributed by atoms with E-state index in [0.29, 0.717) is 22.6 Å². The molecule has 0 aliphatic carbocycles. The lowest BCUT2D eigenvalue weighted by atomic mass is 9.92. The van der Waals surface area contributed by atoms with Crippen LogP contribution in [0, 0.1) is 12.8 Å². The number of nitrogens with zero attached hydrogens (tertiary/aromatic N) is 2. The Balaban J connectivity index is 1.47. The van der Waals surface area contributed by atoms with E-state index < -0.39 is 24.9 Å². The van der Waals surface area contributed by atoms with Crippen LogP contribution in [0.2, 0.25) is 0 Å². The lowest BCUT2D eigenvalue weighted by Gasteiger charge is -2.19. The third kappa shape index (κ3) is 8.13. The lowest BCUT2D eigenvalue weighted by molar-refractivity contribution is -0.148. The number of para-hydroxylation sites is 1. The Hall–Kier alpha value is -5.81. The van der Waals surface area contributed by atoms with Gasteiger partial charge in [0.1, 0.15) is 16.3 Å². The number of aryl methyl sites for hydroxylation is 1. The predicted octanol–water partition coefficient (Wildman–Crippen LogP) is 12.7. The Morgan fingerprint density at radius 3 is 2.24 bits per heavy atom. The summed E-state index contributed by atoms with van der Waals surface area (Å²) in [5, 5.41) is 9.34. The van der Waals surface area contributed by atoms with Gasteiger partial charge in [-0.15, -0.1) is 11.3 Å². The predicted molar refractivity (Wildman–Crippen MR) is 223 cm³/mol. The summed E-state index contributed by atoms with van der Waals surface area (Å²) >= 11 is 1.16. The van der Waals surface area contributed by atoms with Crippen molar-refractivity contribution in [3.63, 3.8) is 0 Å². The molecule has 0 aliphatic rings. The van der Waals surface area contributed by atoms with Gasteiger partial charge in [0, 0.05) is 50.5 Å². The Bertz CT molecular complexity index is 2630. The van der Waals surface area contributed by atoms with Crippen LogP contribution in [0.1, 0.15) is 81.8 Å². The van der Waals surface area contributed by atoms with E-state index in [-0.39, 0.29) is 27.7 Å². The van der Waals surface area contributed by atoms with Crippen molar-refractivity contribution in [1.29, 1.82) is 0 Å². The molecule has 0 aliphatic heterocycles. The average Bonchev–Trinajstić information content (AvgIpc) is 3.89. The number of oxime groups is 1. The van der Waals surface area contributed by atoms with Crippen LogP contribution < -0.4 is 4.74 Å². The first-order chi connectivity index (χ1) is 28.0. The van der Waals surface area contributed by atoms with Gasteiger partial charge in [-0.25, -0.2) is 13.6 Å². The number of carbonyl (C=O) groups excluding carboxylic acids is 2. The summed E-state index contributed by atoms with van der Waals surface area (Å²) in [6.07, 6.45) is 0.234. The molecule has 6 nitrogen and oxygen atoms in total. The molecule has 11 heteroatoms. The second-order valence-electron chi connectivity index (χ2n) is 14.4. The van der Waals surface area contributed by atoms with E-state index in [1.54, 1.807) is 29.6 Å². The van der Waals surface area contributed by atoms with E-state index in [1.807, 2.05) is 73.7 Å². The summed E-state index contributed by atoms with van der Waals surface area (Å²) in [5.74, 6) is -5.06. The highest BCUT2D eigenvalue weighted by Crippen LogP contribution is 2.39. The maximum Gasteiger partial charge on any atom is 0.375 e. The van der Waals surface area contributed by atoms with E-state index in [9.17, 15) is 27.2 Å². The van der Waals surface area contributed by atoms with E-state index in [1.165, 1.54) is 18.2 Å². The van der Waals surface area contributed by atoms with Crippen LogP contribution in [0.4, 0.5) is 17.6 Å². The molecule has 1 unspecified atom stereocenters. The molecule has 58 heavy (non-hydrogen) atoms. The summed E-state index contributed by atoms with van der Waals surface area (Å²) in [6.45, 7) is 5.42. The number of carbonyl (C=O) groups is 2. The molecule has 5 aromatic carbocycles. The molecular weight excluding hydrogens is 765 g/mol. The number of rotatable bonds is 16. The van der Waals surface area contributed by atoms with E-state index in [0.717, 1.165) is 81.7 Å². The molecule has 1 atom stereocenters. The highest BCUT2D eigenvalue weighted by Gasteiger charge is 2.42. The van der Waals surface area contributed by atoms with Crippen molar-refractivity contribution in [1.82, 2.24) is 4.57 Å². The highest BCUT2D eigenvalue weighted by atomic mass is 32.1. The van der Waals surface area contributed by atoms with Crippen LogP contribution in [0.5, 0.6) is 5.75 Å². The molecule has 0 N–H and O–H groups in total. The molecule has 0 fully saturated rings. The third-order valence-electron chi connectivity index (χ3n) is 10.6. The van der Waals surface area contributed by atoms with Gasteiger partial charge in [-0.05, 0) is 72.0 Å². The fraction of sp³-hybridized carbons (Fsp3) is 0.255. The van der Waals surface area contributed by atoms with E-state index in [4.69, 9.17) is 9.57 Å². The minimum atomic E-state index is -4.42. The number of alkyl halides is 4. The van der Waals surface area contributed by atoms with Crippen LogP contribution in [0.3, 0.4) is 0 Å². The second-order valence-corrected chi connectivity index (χ2v) is 15.4. The topological polar surface area (TPSA) is 69.9 Å². The molecule has 0 bridgehead atoms. The van der Waals surface area contributed by atoms with Crippen molar-refractivity contribution in [3.05, 3.63) is 147 Å². The first-order valence-electron chi connectivity index (χ1n) is 19.3. The number of thiophene rings is 1. The SMILES string of the molecule is CCCCC(CC)Cn1c2ccc(/C(=N\OC(=O)c3cccs3)c3ccccc3OCC(F)(F)C(F)F)cc2c2cc(C(=O)c3ccccc3C)c3ccccc3c21. The standard InChI is InChI=1S/C47H42F4N2O4S/c1-4-6-15-30(5-2)27-53-39-23-22-31(25-36(39)37-26-38(33-17-9-10-18-34(33)43(37)53)44(54)32-16-8-7-14-29(32)3)42(52-57-45(55)41-21-13-24-58-41)35-19-11-12-20-40(35)56-28-47(50,51)46(48)49/h7-14,16-26,30,46H,4-6,15,27-28H2,1-3H3/b52-42+. The second kappa shape index (κ2) is 17.4. The fourth-order valence-electron chi connectivity index (χ4n) is 7.45. The van der Waals surface area contributed by atoms with Crippen molar-refractivity contribution in [2.45, 2.75) is 65.3 Å². The molecular formula is C47H42F4N2O4S. The largest absolute Gasteiger partial charge is 0.486 e. The number of hydrogen-bond acceptors (Lipinski definition) is 6. The average molecular weight is 807 g/mol. The van der Waals surface area contributed by atoms with Crippen LogP contribution >= 0.6 is 11.3 Å². The van der Waals surface area contributed by atoms with Crippen molar-refractivity contribution in [2.24, 2.45) is 11.1 Å². The zero-order valence-electron chi connectivity index (χ0n) is 32.3. The van der Waals surface area contributed by atoms with E-state index in [2.05, 4.69) is 23.6 Å². The van der Waals surface area contributed by atoms with Crippen LogP contribution in [-0.2, 0) is 11.4 Å². The number of ketones is 1. The zero-order chi connectivity index (χ0) is 41.0. The van der Waals surface area contributed by atoms with Crippen molar-refractivity contribution >= 4 is 61.4 Å². The third-order valence-corrected chi connectivity index (χ3v) is 11.4. The monoisotopic (exact) mass is 806 g/mol. The van der Waals surface area contributed by atoms with Gasteiger partial charge in [0.25, 0.3) is 0 Å². The first kappa shape index (κ1) is 40.4. The minimum Gasteiger partial charge on any atom is -0.486 e. The van der Waals surface area contributed by atoms with Gasteiger partial charge in [0.05, 0.1) is 5.52 Å². The molecule has 2 heterocycles. The lowest BCUT2D eigenvalue weighted by Crippen LogP contribution is -2.34. The number of halogens is 4. The van der Waals surface area contributed by atoms with E-state index >= 15 is 0 Å². The fourth-order valence-corrected chi connectivity index (χ4v) is 8.04.